The standard InChI is InChI=1S/C31H25BrClFN2O5S/c1-4-40-30(38)26-17(2)35-31-36(27(26)21-10-6-7-11-22(21)33)29(37)25(42-31)14-19-13-20(32)15-24(39-3)28(19)41-16-18-9-5-8-12-23(18)34/h5-15,27H,4,16H2,1-3H3/b25-14-/t27-/m0/s1. The average molecular weight is 672 g/mol. The molecule has 0 bridgehead atoms. The van der Waals surface area contributed by atoms with E-state index >= 15 is 0 Å². The van der Waals surface area contributed by atoms with Gasteiger partial charge in [-0.05, 0) is 49.8 Å². The smallest absolute Gasteiger partial charge is 0.338 e. The Morgan fingerprint density at radius 3 is 2.64 bits per heavy atom. The molecule has 42 heavy (non-hydrogen) atoms. The van der Waals surface area contributed by atoms with Crippen molar-refractivity contribution in [3.05, 3.63) is 124 Å². The van der Waals surface area contributed by atoms with E-state index in [1.54, 1.807) is 74.5 Å². The van der Waals surface area contributed by atoms with E-state index in [1.165, 1.54) is 17.7 Å². The van der Waals surface area contributed by atoms with Crippen molar-refractivity contribution in [3.8, 4) is 11.5 Å². The topological polar surface area (TPSA) is 79.1 Å². The fourth-order valence-electron chi connectivity index (χ4n) is 4.69. The highest BCUT2D eigenvalue weighted by Crippen LogP contribution is 2.37. The molecular weight excluding hydrogens is 647 g/mol. The van der Waals surface area contributed by atoms with Crippen molar-refractivity contribution in [2.75, 3.05) is 13.7 Å². The molecule has 0 fully saturated rings. The number of allylic oxidation sites excluding steroid dienone is 1. The number of carbonyl (C=O) groups excluding carboxylic acids is 1. The normalized spacial score (nSPS) is 14.8. The van der Waals surface area contributed by atoms with Crippen LogP contribution in [0.3, 0.4) is 0 Å². The molecule has 1 aromatic heterocycles. The Kier molecular flexibility index (Phi) is 8.96. The maximum atomic E-state index is 14.3. The van der Waals surface area contributed by atoms with Crippen LogP contribution in [0, 0.1) is 5.82 Å². The Bertz CT molecular complexity index is 1900. The first kappa shape index (κ1) is 29.8. The molecule has 3 aromatic carbocycles. The summed E-state index contributed by atoms with van der Waals surface area (Å²) in [6.07, 6.45) is 1.67. The van der Waals surface area contributed by atoms with Gasteiger partial charge in [0.2, 0.25) is 0 Å². The van der Waals surface area contributed by atoms with Gasteiger partial charge in [-0.3, -0.25) is 9.36 Å². The summed E-state index contributed by atoms with van der Waals surface area (Å²) in [6, 6.07) is 16.0. The summed E-state index contributed by atoms with van der Waals surface area (Å²) in [7, 11) is 1.50. The van der Waals surface area contributed by atoms with Gasteiger partial charge in [0, 0.05) is 20.6 Å². The molecule has 0 saturated carbocycles. The number of nitrogens with zero attached hydrogens (tertiary/aromatic N) is 2. The highest BCUT2D eigenvalue weighted by molar-refractivity contribution is 9.10. The van der Waals surface area contributed by atoms with Crippen LogP contribution in [0.25, 0.3) is 6.08 Å². The predicted molar refractivity (Wildman–Crippen MR) is 163 cm³/mol. The number of esters is 1. The fourth-order valence-corrected chi connectivity index (χ4v) is 6.42. The maximum Gasteiger partial charge on any atom is 0.338 e. The summed E-state index contributed by atoms with van der Waals surface area (Å²) in [5, 5.41) is 0.397. The molecular formula is C31H25BrClFN2O5S. The lowest BCUT2D eigenvalue weighted by Gasteiger charge is -2.25. The van der Waals surface area contributed by atoms with Crippen LogP contribution in [0.2, 0.25) is 5.02 Å². The third-order valence-electron chi connectivity index (χ3n) is 6.60. The van der Waals surface area contributed by atoms with Gasteiger partial charge in [0.05, 0.1) is 29.5 Å². The van der Waals surface area contributed by atoms with Gasteiger partial charge in [0.1, 0.15) is 18.5 Å². The number of hydrogen-bond acceptors (Lipinski definition) is 7. The molecule has 0 aliphatic carbocycles. The molecule has 0 N–H and O–H groups in total. The minimum Gasteiger partial charge on any atom is -0.493 e. The molecule has 216 valence electrons. The van der Waals surface area contributed by atoms with Crippen LogP contribution in [0.15, 0.2) is 86.2 Å². The lowest BCUT2D eigenvalue weighted by molar-refractivity contribution is -0.139. The first-order valence-corrected chi connectivity index (χ1v) is 14.9. The number of methoxy groups -OCH3 is 1. The Hall–Kier alpha value is -3.73. The van der Waals surface area contributed by atoms with Crippen LogP contribution >= 0.6 is 38.9 Å². The summed E-state index contributed by atoms with van der Waals surface area (Å²) in [6.45, 7) is 3.53. The fraction of sp³-hybridized carbons (Fsp3) is 0.194. The lowest BCUT2D eigenvalue weighted by atomic mass is 9.96. The second-order valence-corrected chi connectivity index (χ2v) is 11.6. The summed E-state index contributed by atoms with van der Waals surface area (Å²) in [5.74, 6) is -0.232. The van der Waals surface area contributed by atoms with Crippen LogP contribution < -0.4 is 24.4 Å². The van der Waals surface area contributed by atoms with Crippen LogP contribution in [0.4, 0.5) is 4.39 Å². The molecule has 0 saturated heterocycles. The SMILES string of the molecule is CCOC(=O)C1=C(C)N=c2s/c(=C\c3cc(Br)cc(OC)c3OCc3ccccc3F)c(=O)n2[C@H]1c1ccccc1Cl. The van der Waals surface area contributed by atoms with E-state index < -0.39 is 17.8 Å². The van der Waals surface area contributed by atoms with Gasteiger partial charge < -0.3 is 14.2 Å². The summed E-state index contributed by atoms with van der Waals surface area (Å²) < 4.78 is 33.8. The van der Waals surface area contributed by atoms with Crippen molar-refractivity contribution >= 4 is 50.9 Å². The number of aromatic nitrogens is 1. The van der Waals surface area contributed by atoms with Gasteiger partial charge in [-0.15, -0.1) is 0 Å². The van der Waals surface area contributed by atoms with Gasteiger partial charge in [0.15, 0.2) is 16.3 Å². The van der Waals surface area contributed by atoms with E-state index in [-0.39, 0.29) is 24.3 Å². The Morgan fingerprint density at radius 1 is 1.19 bits per heavy atom. The molecule has 0 amide bonds. The zero-order chi connectivity index (χ0) is 30.0. The summed E-state index contributed by atoms with van der Waals surface area (Å²) in [5.41, 5.74) is 1.76. The Labute approximate surface area is 258 Å². The molecule has 1 aliphatic rings. The van der Waals surface area contributed by atoms with Gasteiger partial charge in [-0.25, -0.2) is 14.2 Å². The third kappa shape index (κ3) is 5.79. The monoisotopic (exact) mass is 670 g/mol. The summed E-state index contributed by atoms with van der Waals surface area (Å²) >= 11 is 11.2. The first-order chi connectivity index (χ1) is 20.2. The van der Waals surface area contributed by atoms with Crippen LogP contribution in [-0.2, 0) is 16.1 Å². The Morgan fingerprint density at radius 2 is 1.93 bits per heavy atom. The van der Waals surface area contributed by atoms with Crippen molar-refractivity contribution in [1.29, 1.82) is 0 Å². The number of ether oxygens (including phenoxy) is 3. The van der Waals surface area contributed by atoms with Crippen molar-refractivity contribution in [2.45, 2.75) is 26.5 Å². The number of fused-ring (bicyclic) bond motifs is 1. The van der Waals surface area contributed by atoms with E-state index in [4.69, 9.17) is 25.8 Å². The van der Waals surface area contributed by atoms with Crippen LogP contribution in [0.1, 0.15) is 36.6 Å². The van der Waals surface area contributed by atoms with Crippen molar-refractivity contribution < 1.29 is 23.4 Å². The second kappa shape index (κ2) is 12.6. The summed E-state index contributed by atoms with van der Waals surface area (Å²) in [4.78, 5) is 32.2. The van der Waals surface area contributed by atoms with Crippen molar-refractivity contribution in [3.63, 3.8) is 0 Å². The second-order valence-electron chi connectivity index (χ2n) is 9.23. The predicted octanol–water partition coefficient (Wildman–Crippen LogP) is 5.94. The average Bonchev–Trinajstić information content (AvgIpc) is 3.26. The van der Waals surface area contributed by atoms with Gasteiger partial charge >= 0.3 is 5.97 Å². The number of thiazole rings is 1. The van der Waals surface area contributed by atoms with Gasteiger partial charge in [-0.1, -0.05) is 75.3 Å². The molecule has 5 rings (SSSR count). The molecule has 1 aliphatic heterocycles. The zero-order valence-corrected chi connectivity index (χ0v) is 26.0. The lowest BCUT2D eigenvalue weighted by Crippen LogP contribution is -2.40. The molecule has 0 spiro atoms. The molecule has 11 heteroatoms. The largest absolute Gasteiger partial charge is 0.493 e. The van der Waals surface area contributed by atoms with Gasteiger partial charge in [-0.2, -0.15) is 0 Å². The molecule has 0 unspecified atom stereocenters. The third-order valence-corrected chi connectivity index (χ3v) is 8.39. The number of rotatable bonds is 8. The highest BCUT2D eigenvalue weighted by Gasteiger charge is 2.34. The number of benzene rings is 3. The Balaban J connectivity index is 1.68. The number of carbonyl (C=O) groups is 1. The number of hydrogen-bond donors (Lipinski definition) is 0. The van der Waals surface area contributed by atoms with E-state index in [9.17, 15) is 14.0 Å². The van der Waals surface area contributed by atoms with E-state index in [0.29, 0.717) is 52.7 Å². The number of halogens is 3. The van der Waals surface area contributed by atoms with E-state index in [0.717, 1.165) is 11.3 Å². The van der Waals surface area contributed by atoms with Crippen LogP contribution in [-0.4, -0.2) is 24.3 Å². The minimum absolute atomic E-state index is 0.0542. The van der Waals surface area contributed by atoms with E-state index in [2.05, 4.69) is 20.9 Å². The quantitative estimate of drug-likeness (QED) is 0.217. The maximum absolute atomic E-state index is 14.3. The minimum atomic E-state index is -0.843. The molecule has 1 atom stereocenters. The van der Waals surface area contributed by atoms with Gasteiger partial charge in [0.25, 0.3) is 5.56 Å². The highest BCUT2D eigenvalue weighted by atomic mass is 79.9. The molecule has 0 radical (unpaired) electrons. The zero-order valence-electron chi connectivity index (χ0n) is 22.8. The van der Waals surface area contributed by atoms with Crippen molar-refractivity contribution in [2.24, 2.45) is 4.99 Å². The first-order valence-electron chi connectivity index (χ1n) is 12.9. The molecule has 4 aromatic rings. The molecule has 2 heterocycles. The van der Waals surface area contributed by atoms with E-state index in [1.807, 2.05) is 0 Å². The van der Waals surface area contributed by atoms with Crippen molar-refractivity contribution in [1.82, 2.24) is 4.57 Å². The van der Waals surface area contributed by atoms with Crippen LogP contribution in [0.5, 0.6) is 11.5 Å². The molecule has 7 nitrogen and oxygen atoms in total.